The van der Waals surface area contributed by atoms with E-state index in [1.165, 1.54) is 0 Å². The fourth-order valence-corrected chi connectivity index (χ4v) is 3.14. The normalized spacial score (nSPS) is 12.2. The van der Waals surface area contributed by atoms with Gasteiger partial charge in [-0.15, -0.1) is 0 Å². The van der Waals surface area contributed by atoms with Crippen LogP contribution in [0.25, 0.3) is 0 Å². The number of para-hydroxylation sites is 1. The molecule has 0 aliphatic heterocycles. The van der Waals surface area contributed by atoms with E-state index in [0.29, 0.717) is 12.4 Å². The number of halogens is 2. The van der Waals surface area contributed by atoms with E-state index in [2.05, 4.69) is 0 Å². The smallest absolute Gasteiger partial charge is 0.432 e. The first-order valence-electron chi connectivity index (χ1n) is 6.08. The summed E-state index contributed by atoms with van der Waals surface area (Å²) in [6, 6.07) is 6.60. The number of hydrogen-bond donors (Lipinski definition) is 0. The highest BCUT2D eigenvalue weighted by atomic mass is 35.5. The zero-order valence-electron chi connectivity index (χ0n) is 11.4. The number of ether oxygens (including phenoxy) is 2. The van der Waals surface area contributed by atoms with Crippen LogP contribution < -0.4 is 10.0 Å². The molecule has 110 valence electrons. The van der Waals surface area contributed by atoms with Crippen LogP contribution in [0.1, 0.15) is 20.8 Å². The summed E-state index contributed by atoms with van der Waals surface area (Å²) >= 11 is 11.9. The number of hydrogen-bond acceptors (Lipinski definition) is 4. The predicted octanol–water partition coefficient (Wildman–Crippen LogP) is 3.62. The summed E-state index contributed by atoms with van der Waals surface area (Å²) in [7, 11) is -2.44. The lowest BCUT2D eigenvalue weighted by atomic mass is 10.3. The first kappa shape index (κ1) is 17.2. The van der Waals surface area contributed by atoms with Crippen molar-refractivity contribution in [3.8, 4) is 5.75 Å². The molecule has 20 heavy (non-hydrogen) atoms. The summed E-state index contributed by atoms with van der Waals surface area (Å²) in [6.45, 7) is 5.51. The lowest BCUT2D eigenvalue weighted by Gasteiger charge is -2.12. The third-order valence-electron chi connectivity index (χ3n) is 2.23. The molecule has 7 heteroatoms. The summed E-state index contributed by atoms with van der Waals surface area (Å²) in [6.07, 6.45) is -0.398. The Balaban J connectivity index is 3.07. The van der Waals surface area contributed by atoms with Gasteiger partial charge in [0.25, 0.3) is 0 Å². The standard InChI is InChI=1S/C13H16Cl2O4P/c1-4-18-10-7-5-6-8-11(10)20(17)13(14,15)12(16)19-9(2)3/h5-9H,4H2,1-3H3/q+1. The van der Waals surface area contributed by atoms with Crippen LogP contribution in [-0.4, -0.2) is 22.8 Å². The highest BCUT2D eigenvalue weighted by molar-refractivity contribution is 7.61. The summed E-state index contributed by atoms with van der Waals surface area (Å²) in [5.41, 5.74) is 0. The van der Waals surface area contributed by atoms with Gasteiger partial charge in [0.15, 0.2) is 5.75 Å². The maximum atomic E-state index is 12.5. The van der Waals surface area contributed by atoms with E-state index in [-0.39, 0.29) is 5.30 Å². The van der Waals surface area contributed by atoms with Crippen molar-refractivity contribution in [2.24, 2.45) is 0 Å². The third kappa shape index (κ3) is 4.08. The number of alkyl halides is 2. The van der Waals surface area contributed by atoms with E-state index in [4.69, 9.17) is 32.7 Å². The van der Waals surface area contributed by atoms with Gasteiger partial charge in [0.05, 0.1) is 12.7 Å². The van der Waals surface area contributed by atoms with Gasteiger partial charge in [0.1, 0.15) is 0 Å². The molecule has 0 bridgehead atoms. The van der Waals surface area contributed by atoms with Gasteiger partial charge in [-0.1, -0.05) is 16.7 Å². The van der Waals surface area contributed by atoms with E-state index in [1.807, 2.05) is 0 Å². The van der Waals surface area contributed by atoms with Crippen molar-refractivity contribution in [2.75, 3.05) is 6.61 Å². The van der Waals surface area contributed by atoms with Gasteiger partial charge in [-0.2, -0.15) is 0 Å². The van der Waals surface area contributed by atoms with E-state index >= 15 is 0 Å². The van der Waals surface area contributed by atoms with Crippen LogP contribution >= 0.6 is 31.0 Å². The van der Waals surface area contributed by atoms with E-state index in [0.717, 1.165) is 0 Å². The van der Waals surface area contributed by atoms with Gasteiger partial charge in [0.2, 0.25) is 5.30 Å². The molecule has 4 nitrogen and oxygen atoms in total. The molecule has 0 spiro atoms. The van der Waals surface area contributed by atoms with Crippen molar-refractivity contribution in [3.63, 3.8) is 0 Å². The average molecular weight is 338 g/mol. The van der Waals surface area contributed by atoms with Crippen molar-refractivity contribution < 1.29 is 18.8 Å². The minimum atomic E-state index is -2.44. The summed E-state index contributed by atoms with van der Waals surface area (Å²) in [4.78, 5) is 11.8. The Morgan fingerprint density at radius 3 is 2.50 bits per heavy atom. The average Bonchev–Trinajstić information content (AvgIpc) is 2.38. The molecule has 1 aromatic carbocycles. The van der Waals surface area contributed by atoms with Crippen LogP contribution in [0.3, 0.4) is 0 Å². The minimum absolute atomic E-state index is 0.287. The molecule has 0 saturated heterocycles. The van der Waals surface area contributed by atoms with Gasteiger partial charge in [-0.25, -0.2) is 4.79 Å². The van der Waals surface area contributed by atoms with Crippen LogP contribution in [0.5, 0.6) is 5.75 Å². The molecule has 0 radical (unpaired) electrons. The summed E-state index contributed by atoms with van der Waals surface area (Å²) < 4.78 is 20.6. The van der Waals surface area contributed by atoms with Crippen LogP contribution in [0.4, 0.5) is 0 Å². The third-order valence-corrected chi connectivity index (χ3v) is 4.96. The van der Waals surface area contributed by atoms with E-state index in [9.17, 15) is 9.36 Å². The quantitative estimate of drug-likeness (QED) is 0.452. The van der Waals surface area contributed by atoms with Crippen LogP contribution in [0, 0.1) is 0 Å². The van der Waals surface area contributed by atoms with Gasteiger partial charge >= 0.3 is 17.8 Å². The Kier molecular flexibility index (Phi) is 6.25. The second-order valence-corrected chi connectivity index (χ2v) is 7.79. The minimum Gasteiger partial charge on any atom is -0.489 e. The summed E-state index contributed by atoms with van der Waals surface area (Å²) in [5.74, 6) is -0.539. The number of benzene rings is 1. The van der Waals surface area contributed by atoms with Crippen molar-refractivity contribution in [1.82, 2.24) is 0 Å². The van der Waals surface area contributed by atoms with E-state index < -0.39 is 23.9 Å². The van der Waals surface area contributed by atoms with Crippen LogP contribution in [0.15, 0.2) is 24.3 Å². The van der Waals surface area contributed by atoms with Gasteiger partial charge in [-0.3, -0.25) is 0 Å². The van der Waals surface area contributed by atoms with Gasteiger partial charge in [0, 0.05) is 0 Å². The van der Waals surface area contributed by atoms with E-state index in [1.54, 1.807) is 45.0 Å². The molecule has 1 aromatic rings. The first-order chi connectivity index (χ1) is 9.30. The Hall–Kier alpha value is -0.830. The molecule has 1 unspecified atom stereocenters. The number of rotatable bonds is 6. The highest BCUT2D eigenvalue weighted by Crippen LogP contribution is 2.48. The Bertz CT molecular complexity index is 503. The fraction of sp³-hybridized carbons (Fsp3) is 0.462. The Morgan fingerprint density at radius 2 is 1.95 bits per heavy atom. The SMILES string of the molecule is CCOc1ccccc1[P+](=O)C(Cl)(Cl)C(=O)OC(C)C. The lowest BCUT2D eigenvalue weighted by molar-refractivity contribution is -0.146. The molecule has 0 heterocycles. The molecule has 1 atom stereocenters. The molecule has 1 rings (SSSR count). The van der Waals surface area contributed by atoms with Crippen molar-refractivity contribution >= 4 is 42.3 Å². The lowest BCUT2D eigenvalue weighted by Crippen LogP contribution is -2.30. The Morgan fingerprint density at radius 1 is 1.35 bits per heavy atom. The summed E-state index contributed by atoms with van der Waals surface area (Å²) in [5, 5.41) is 0.287. The molecule has 0 saturated carbocycles. The molecule has 0 amide bonds. The predicted molar refractivity (Wildman–Crippen MR) is 80.5 cm³/mol. The molecular weight excluding hydrogens is 322 g/mol. The number of carbonyl (C=O) groups excluding carboxylic acids is 1. The largest absolute Gasteiger partial charge is 0.489 e. The second-order valence-electron chi connectivity index (χ2n) is 4.19. The zero-order chi connectivity index (χ0) is 15.3. The highest BCUT2D eigenvalue weighted by Gasteiger charge is 2.57. The van der Waals surface area contributed by atoms with Gasteiger partial charge < -0.3 is 9.47 Å². The molecule has 0 aromatic heterocycles. The topological polar surface area (TPSA) is 52.6 Å². The maximum absolute atomic E-state index is 12.5. The number of carbonyl (C=O) groups is 1. The van der Waals surface area contributed by atoms with Crippen molar-refractivity contribution in [2.45, 2.75) is 30.9 Å². The molecule has 0 aliphatic rings. The fourth-order valence-electron chi connectivity index (χ4n) is 1.42. The monoisotopic (exact) mass is 337 g/mol. The maximum Gasteiger partial charge on any atom is 0.432 e. The van der Waals surface area contributed by atoms with Crippen LogP contribution in [-0.2, 0) is 14.1 Å². The zero-order valence-corrected chi connectivity index (χ0v) is 13.8. The van der Waals surface area contributed by atoms with Crippen LogP contribution in [0.2, 0.25) is 0 Å². The molecule has 0 fully saturated rings. The Labute approximate surface area is 129 Å². The van der Waals surface area contributed by atoms with Crippen molar-refractivity contribution in [1.29, 1.82) is 0 Å². The molecule has 0 aliphatic carbocycles. The number of esters is 1. The molecule has 0 N–H and O–H groups in total. The van der Waals surface area contributed by atoms with Gasteiger partial charge in [-0.05, 0) is 56.1 Å². The second kappa shape index (κ2) is 7.26. The first-order valence-corrected chi connectivity index (χ1v) is 8.10. The van der Waals surface area contributed by atoms with Crippen molar-refractivity contribution in [3.05, 3.63) is 24.3 Å². The molecular formula is C13H16Cl2O4P+.